The number of hydrogen-bond acceptors (Lipinski definition) is 4. The van der Waals surface area contributed by atoms with Gasteiger partial charge < -0.3 is 4.74 Å². The van der Waals surface area contributed by atoms with Gasteiger partial charge in [-0.25, -0.2) is 9.29 Å². The SMILES string of the molecule is O=C1S/C(=C\c2ccc(OCc3ccccc3Cl)cc2)C(=O)N1c1ccc(F)c(Cl)c1. The largest absolute Gasteiger partial charge is 0.489 e. The fourth-order valence-corrected chi connectivity index (χ4v) is 4.11. The molecule has 3 aromatic rings. The third kappa shape index (κ3) is 4.77. The van der Waals surface area contributed by atoms with E-state index < -0.39 is 17.0 Å². The first-order valence-electron chi connectivity index (χ1n) is 9.11. The lowest BCUT2D eigenvalue weighted by atomic mass is 10.2. The van der Waals surface area contributed by atoms with E-state index in [0.717, 1.165) is 33.9 Å². The van der Waals surface area contributed by atoms with Crippen molar-refractivity contribution < 1.29 is 18.7 Å². The van der Waals surface area contributed by atoms with Crippen LogP contribution in [0.2, 0.25) is 10.0 Å². The molecule has 0 aliphatic carbocycles. The number of ether oxygens (including phenoxy) is 1. The minimum atomic E-state index is -0.621. The van der Waals surface area contributed by atoms with Gasteiger partial charge in [-0.3, -0.25) is 9.59 Å². The molecule has 31 heavy (non-hydrogen) atoms. The molecule has 0 aromatic heterocycles. The van der Waals surface area contributed by atoms with Crippen LogP contribution < -0.4 is 9.64 Å². The molecule has 0 bridgehead atoms. The molecular weight excluding hydrogens is 460 g/mol. The molecule has 2 amide bonds. The average molecular weight is 474 g/mol. The first kappa shape index (κ1) is 21.4. The number of carbonyl (C=O) groups is 2. The molecule has 0 N–H and O–H groups in total. The minimum Gasteiger partial charge on any atom is -0.489 e. The van der Waals surface area contributed by atoms with Gasteiger partial charge in [-0.15, -0.1) is 0 Å². The summed E-state index contributed by atoms with van der Waals surface area (Å²) in [5.74, 6) is -0.465. The van der Waals surface area contributed by atoms with Crippen molar-refractivity contribution in [2.24, 2.45) is 0 Å². The Bertz CT molecular complexity index is 1200. The van der Waals surface area contributed by atoms with Crippen LogP contribution in [0.15, 0.2) is 71.6 Å². The number of rotatable bonds is 5. The molecule has 1 aliphatic rings. The van der Waals surface area contributed by atoms with Gasteiger partial charge in [0, 0.05) is 10.6 Å². The van der Waals surface area contributed by atoms with Crippen molar-refractivity contribution in [1.29, 1.82) is 0 Å². The predicted molar refractivity (Wildman–Crippen MR) is 122 cm³/mol. The van der Waals surface area contributed by atoms with Crippen molar-refractivity contribution in [3.8, 4) is 5.75 Å². The quantitative estimate of drug-likeness (QED) is 0.376. The van der Waals surface area contributed by atoms with Crippen molar-refractivity contribution in [2.45, 2.75) is 6.61 Å². The first-order chi connectivity index (χ1) is 14.9. The van der Waals surface area contributed by atoms with Crippen LogP contribution in [0.3, 0.4) is 0 Å². The van der Waals surface area contributed by atoms with E-state index in [1.54, 1.807) is 36.4 Å². The van der Waals surface area contributed by atoms with Crippen molar-refractivity contribution in [3.05, 3.63) is 98.6 Å². The first-order valence-corrected chi connectivity index (χ1v) is 10.7. The second-order valence-corrected chi connectivity index (χ2v) is 8.37. The maximum absolute atomic E-state index is 13.4. The van der Waals surface area contributed by atoms with Gasteiger partial charge >= 0.3 is 0 Å². The van der Waals surface area contributed by atoms with Crippen LogP contribution in [-0.2, 0) is 11.4 Å². The molecule has 0 spiro atoms. The van der Waals surface area contributed by atoms with Crippen LogP contribution >= 0.6 is 35.0 Å². The Hall–Kier alpha value is -2.80. The Kier molecular flexibility index (Phi) is 6.32. The van der Waals surface area contributed by atoms with E-state index in [1.807, 2.05) is 18.2 Å². The van der Waals surface area contributed by atoms with Gasteiger partial charge in [0.25, 0.3) is 11.1 Å². The normalized spacial score (nSPS) is 15.1. The molecular formula is C23H14Cl2FNO3S. The van der Waals surface area contributed by atoms with Gasteiger partial charge in [-0.1, -0.05) is 53.5 Å². The number of amides is 2. The maximum Gasteiger partial charge on any atom is 0.298 e. The monoisotopic (exact) mass is 473 g/mol. The number of hydrogen-bond donors (Lipinski definition) is 0. The van der Waals surface area contributed by atoms with E-state index in [2.05, 4.69) is 0 Å². The van der Waals surface area contributed by atoms with E-state index >= 15 is 0 Å². The third-order valence-corrected chi connectivity index (χ3v) is 6.01. The lowest BCUT2D eigenvalue weighted by molar-refractivity contribution is -0.113. The highest BCUT2D eigenvalue weighted by atomic mass is 35.5. The number of anilines is 1. The van der Waals surface area contributed by atoms with E-state index in [4.69, 9.17) is 27.9 Å². The Labute approximate surface area is 192 Å². The highest BCUT2D eigenvalue weighted by Crippen LogP contribution is 2.37. The Morgan fingerprint density at radius 3 is 2.42 bits per heavy atom. The van der Waals surface area contributed by atoms with E-state index in [0.29, 0.717) is 17.4 Å². The Morgan fingerprint density at radius 1 is 0.968 bits per heavy atom. The summed E-state index contributed by atoms with van der Waals surface area (Å²) in [5.41, 5.74) is 1.83. The van der Waals surface area contributed by atoms with E-state index in [1.165, 1.54) is 12.1 Å². The summed E-state index contributed by atoms with van der Waals surface area (Å²) in [5, 5.41) is 0.00353. The fourth-order valence-electron chi connectivity index (χ4n) is 2.90. The predicted octanol–water partition coefficient (Wildman–Crippen LogP) is 6.95. The minimum absolute atomic E-state index is 0.159. The van der Waals surface area contributed by atoms with Crippen LogP contribution in [0.5, 0.6) is 5.75 Å². The Morgan fingerprint density at radius 2 is 1.71 bits per heavy atom. The zero-order valence-electron chi connectivity index (χ0n) is 15.8. The zero-order chi connectivity index (χ0) is 22.0. The number of carbonyl (C=O) groups excluding carboxylic acids is 2. The van der Waals surface area contributed by atoms with Gasteiger partial charge in [0.1, 0.15) is 18.2 Å². The molecule has 156 valence electrons. The van der Waals surface area contributed by atoms with Gasteiger partial charge in [-0.05, 0) is 59.8 Å². The molecule has 1 heterocycles. The highest BCUT2D eigenvalue weighted by Gasteiger charge is 2.36. The van der Waals surface area contributed by atoms with Crippen LogP contribution in [0.1, 0.15) is 11.1 Å². The number of benzene rings is 3. The molecule has 1 aliphatic heterocycles. The number of nitrogens with zero attached hydrogens (tertiary/aromatic N) is 1. The molecule has 0 saturated carbocycles. The van der Waals surface area contributed by atoms with Crippen LogP contribution in [0, 0.1) is 5.82 Å². The van der Waals surface area contributed by atoms with Crippen LogP contribution in [-0.4, -0.2) is 11.1 Å². The molecule has 0 atom stereocenters. The van der Waals surface area contributed by atoms with Crippen molar-refractivity contribution >= 4 is 57.9 Å². The lowest BCUT2D eigenvalue weighted by Gasteiger charge is -2.12. The van der Waals surface area contributed by atoms with Crippen LogP contribution in [0.4, 0.5) is 14.9 Å². The molecule has 0 unspecified atom stereocenters. The van der Waals surface area contributed by atoms with Crippen molar-refractivity contribution in [1.82, 2.24) is 0 Å². The Balaban J connectivity index is 1.47. The summed E-state index contributed by atoms with van der Waals surface area (Å²) in [6, 6.07) is 18.2. The summed E-state index contributed by atoms with van der Waals surface area (Å²) in [7, 11) is 0. The average Bonchev–Trinajstić information content (AvgIpc) is 3.03. The molecule has 8 heteroatoms. The van der Waals surface area contributed by atoms with E-state index in [9.17, 15) is 14.0 Å². The second-order valence-electron chi connectivity index (χ2n) is 6.56. The zero-order valence-corrected chi connectivity index (χ0v) is 18.2. The summed E-state index contributed by atoms with van der Waals surface area (Å²) in [4.78, 5) is 26.3. The molecule has 1 fully saturated rings. The second kappa shape index (κ2) is 9.14. The maximum atomic E-state index is 13.4. The standard InChI is InChI=1S/C23H14Cl2FNO3S/c24-18-4-2-1-3-15(18)13-30-17-8-5-14(6-9-17)11-21-22(28)27(23(29)31-21)16-7-10-20(26)19(25)12-16/h1-12H,13H2/b21-11-. The molecule has 4 rings (SSSR count). The lowest BCUT2D eigenvalue weighted by Crippen LogP contribution is -2.27. The van der Waals surface area contributed by atoms with Gasteiger partial charge in [0.2, 0.25) is 0 Å². The van der Waals surface area contributed by atoms with Gasteiger partial charge in [0.05, 0.1) is 15.6 Å². The number of thioether (sulfide) groups is 1. The summed E-state index contributed by atoms with van der Waals surface area (Å²) >= 11 is 12.7. The highest BCUT2D eigenvalue weighted by molar-refractivity contribution is 8.19. The van der Waals surface area contributed by atoms with E-state index in [-0.39, 0.29) is 15.6 Å². The fraction of sp³-hybridized carbons (Fsp3) is 0.0435. The van der Waals surface area contributed by atoms with Crippen molar-refractivity contribution in [3.63, 3.8) is 0 Å². The number of imide groups is 1. The smallest absolute Gasteiger partial charge is 0.298 e. The molecule has 1 saturated heterocycles. The molecule has 4 nitrogen and oxygen atoms in total. The van der Waals surface area contributed by atoms with Gasteiger partial charge in [-0.2, -0.15) is 0 Å². The summed E-state index contributed by atoms with van der Waals surface area (Å²) in [6.07, 6.45) is 1.62. The third-order valence-electron chi connectivity index (χ3n) is 4.49. The van der Waals surface area contributed by atoms with Crippen LogP contribution in [0.25, 0.3) is 6.08 Å². The summed E-state index contributed by atoms with van der Waals surface area (Å²) < 4.78 is 19.1. The summed E-state index contributed by atoms with van der Waals surface area (Å²) in [6.45, 7) is 0.331. The molecule has 3 aromatic carbocycles. The van der Waals surface area contributed by atoms with Crippen molar-refractivity contribution in [2.75, 3.05) is 4.90 Å². The number of halogens is 3. The topological polar surface area (TPSA) is 46.6 Å². The molecule has 0 radical (unpaired) electrons. The van der Waals surface area contributed by atoms with Gasteiger partial charge in [0.15, 0.2) is 0 Å².